The molecule has 1 saturated heterocycles. The molecule has 1 amide bonds. The van der Waals surface area contributed by atoms with Gasteiger partial charge in [-0.1, -0.05) is 66.7 Å². The summed E-state index contributed by atoms with van der Waals surface area (Å²) >= 11 is 0. The number of likely N-dealkylation sites (tertiary alicyclic amines) is 1. The van der Waals surface area contributed by atoms with Crippen molar-refractivity contribution in [3.63, 3.8) is 0 Å². The molecule has 1 saturated carbocycles. The number of nitrogens with zero attached hydrogens (tertiary/aromatic N) is 4. The van der Waals surface area contributed by atoms with E-state index < -0.39 is 5.60 Å². The number of carbonyl (C=O) groups is 1. The maximum Gasteiger partial charge on any atom is 0.410 e. The molecule has 0 bridgehead atoms. The van der Waals surface area contributed by atoms with Crippen LogP contribution in [0.3, 0.4) is 0 Å². The minimum absolute atomic E-state index is 0.0117. The zero-order valence-electron chi connectivity index (χ0n) is 27.7. The normalized spacial score (nSPS) is 15.5. The number of benzene rings is 3. The largest absolute Gasteiger partial charge is 0.488 e. The number of hydrogen-bond acceptors (Lipinski definition) is 7. The first-order chi connectivity index (χ1) is 23.1. The number of aromatic nitrogens is 3. The van der Waals surface area contributed by atoms with Crippen molar-refractivity contribution >= 4 is 17.1 Å². The first-order valence-corrected chi connectivity index (χ1v) is 16.3. The fraction of sp³-hybridized carbons (Fsp3) is 0.342. The van der Waals surface area contributed by atoms with Crippen LogP contribution in [-0.4, -0.2) is 49.9 Å². The molecule has 3 heterocycles. The Morgan fingerprint density at radius 3 is 2.15 bits per heavy atom. The lowest BCUT2D eigenvalue weighted by Crippen LogP contribution is -2.66. The maximum atomic E-state index is 13.9. The van der Waals surface area contributed by atoms with Crippen LogP contribution in [0.4, 0.5) is 4.79 Å². The van der Waals surface area contributed by atoms with Gasteiger partial charge in [-0.05, 0) is 62.9 Å². The number of ether oxygens (including phenoxy) is 4. The summed E-state index contributed by atoms with van der Waals surface area (Å²) in [6.45, 7) is 7.59. The van der Waals surface area contributed by atoms with Crippen LogP contribution in [0.2, 0.25) is 0 Å². The molecule has 2 aliphatic rings. The lowest BCUT2D eigenvalue weighted by atomic mass is 9.62. The van der Waals surface area contributed by atoms with Gasteiger partial charge in [0.05, 0.1) is 5.52 Å². The molecule has 248 valence electrons. The standard InChI is InChI=1S/C38H40N4O6/c1-37(2,3)48-36(44)41-24-38(25-41)20-28(21-38)47-31-17-11-16-29-33(31)40(4)35(43)42(29)30-18-19-32(45-22-26-12-7-5-8-13-26)39-34(30)46-23-27-14-9-6-10-15-27/h5-19,28H,20-25H2,1-4H3. The van der Waals surface area contributed by atoms with E-state index in [0.29, 0.717) is 48.0 Å². The summed E-state index contributed by atoms with van der Waals surface area (Å²) in [5.74, 6) is 1.31. The highest BCUT2D eigenvalue weighted by atomic mass is 16.6. The monoisotopic (exact) mass is 648 g/mol. The van der Waals surface area contributed by atoms with Crippen LogP contribution in [0, 0.1) is 5.41 Å². The number of carbonyl (C=O) groups excluding carboxylic acids is 1. The smallest absolute Gasteiger partial charge is 0.410 e. The van der Waals surface area contributed by atoms with Crippen molar-refractivity contribution in [1.29, 1.82) is 0 Å². The molecule has 7 rings (SSSR count). The van der Waals surface area contributed by atoms with Gasteiger partial charge in [0.2, 0.25) is 11.8 Å². The minimum atomic E-state index is -0.515. The molecule has 10 heteroatoms. The third-order valence-electron chi connectivity index (χ3n) is 8.85. The average Bonchev–Trinajstić information content (AvgIpc) is 3.29. The van der Waals surface area contributed by atoms with E-state index in [4.69, 9.17) is 23.9 Å². The molecule has 2 fully saturated rings. The van der Waals surface area contributed by atoms with Crippen LogP contribution in [-0.2, 0) is 25.0 Å². The van der Waals surface area contributed by atoms with E-state index in [-0.39, 0.29) is 35.8 Å². The van der Waals surface area contributed by atoms with Crippen molar-refractivity contribution in [1.82, 2.24) is 19.0 Å². The number of imidazole rings is 1. The van der Waals surface area contributed by atoms with E-state index in [0.717, 1.165) is 24.0 Å². The van der Waals surface area contributed by atoms with Gasteiger partial charge in [0.1, 0.15) is 41.9 Å². The first kappa shape index (κ1) is 31.4. The van der Waals surface area contributed by atoms with Crippen molar-refractivity contribution in [3.05, 3.63) is 113 Å². The van der Waals surface area contributed by atoms with Crippen LogP contribution in [0.15, 0.2) is 95.8 Å². The van der Waals surface area contributed by atoms with Crippen LogP contribution >= 0.6 is 0 Å². The summed E-state index contributed by atoms with van der Waals surface area (Å²) in [4.78, 5) is 32.8. The molecular formula is C38H40N4O6. The molecule has 0 radical (unpaired) electrons. The van der Waals surface area contributed by atoms with Gasteiger partial charge in [-0.25, -0.2) is 9.59 Å². The summed E-state index contributed by atoms with van der Waals surface area (Å²) in [6, 6.07) is 28.9. The van der Waals surface area contributed by atoms with Gasteiger partial charge >= 0.3 is 11.8 Å². The minimum Gasteiger partial charge on any atom is -0.488 e. The van der Waals surface area contributed by atoms with E-state index in [1.54, 1.807) is 27.1 Å². The van der Waals surface area contributed by atoms with Crippen molar-refractivity contribution < 1.29 is 23.7 Å². The molecule has 3 aromatic carbocycles. The molecule has 1 spiro atoms. The Balaban J connectivity index is 1.13. The van der Waals surface area contributed by atoms with Crippen molar-refractivity contribution in [2.24, 2.45) is 12.5 Å². The number of amides is 1. The van der Waals surface area contributed by atoms with E-state index in [1.807, 2.05) is 106 Å². The Labute approximate surface area is 279 Å². The highest BCUT2D eigenvalue weighted by Crippen LogP contribution is 2.50. The third kappa shape index (κ3) is 6.34. The summed E-state index contributed by atoms with van der Waals surface area (Å²) in [5.41, 5.74) is 3.16. The second kappa shape index (κ2) is 12.4. The number of para-hydroxylation sites is 1. The summed E-state index contributed by atoms with van der Waals surface area (Å²) in [7, 11) is 1.75. The molecule has 1 aliphatic heterocycles. The molecule has 2 aromatic heterocycles. The quantitative estimate of drug-likeness (QED) is 0.176. The van der Waals surface area contributed by atoms with Gasteiger partial charge in [0.25, 0.3) is 0 Å². The summed E-state index contributed by atoms with van der Waals surface area (Å²) in [5, 5.41) is 0. The Morgan fingerprint density at radius 1 is 0.854 bits per heavy atom. The molecule has 48 heavy (non-hydrogen) atoms. The van der Waals surface area contributed by atoms with Crippen LogP contribution < -0.4 is 19.9 Å². The molecule has 0 unspecified atom stereocenters. The van der Waals surface area contributed by atoms with Crippen molar-refractivity contribution in [2.75, 3.05) is 13.1 Å². The second-order valence-electron chi connectivity index (χ2n) is 13.8. The molecule has 0 atom stereocenters. The van der Waals surface area contributed by atoms with E-state index in [2.05, 4.69) is 0 Å². The zero-order valence-corrected chi connectivity index (χ0v) is 27.7. The van der Waals surface area contributed by atoms with E-state index in [1.165, 1.54) is 0 Å². The van der Waals surface area contributed by atoms with Gasteiger partial charge in [-0.3, -0.25) is 9.13 Å². The van der Waals surface area contributed by atoms with Gasteiger partial charge in [0, 0.05) is 31.6 Å². The maximum absolute atomic E-state index is 13.9. The number of aryl methyl sites for hydroxylation is 1. The summed E-state index contributed by atoms with van der Waals surface area (Å²) < 4.78 is 27.5. The average molecular weight is 649 g/mol. The predicted molar refractivity (Wildman–Crippen MR) is 182 cm³/mol. The van der Waals surface area contributed by atoms with E-state index in [9.17, 15) is 9.59 Å². The zero-order chi connectivity index (χ0) is 33.5. The van der Waals surface area contributed by atoms with Crippen LogP contribution in [0.1, 0.15) is 44.7 Å². The lowest BCUT2D eigenvalue weighted by Gasteiger charge is -2.58. The number of pyridine rings is 1. The molecule has 1 aliphatic carbocycles. The number of hydrogen-bond donors (Lipinski definition) is 0. The third-order valence-corrected chi connectivity index (χ3v) is 8.85. The highest BCUT2D eigenvalue weighted by Gasteiger charge is 2.55. The Kier molecular flexibility index (Phi) is 8.10. The molecule has 0 N–H and O–H groups in total. The first-order valence-electron chi connectivity index (χ1n) is 16.3. The van der Waals surface area contributed by atoms with Gasteiger partial charge in [-0.15, -0.1) is 0 Å². The Morgan fingerprint density at radius 2 is 1.50 bits per heavy atom. The van der Waals surface area contributed by atoms with Crippen LogP contribution in [0.5, 0.6) is 17.5 Å². The van der Waals surface area contributed by atoms with Crippen molar-refractivity contribution in [2.45, 2.75) is 58.5 Å². The molecule has 5 aromatic rings. The fourth-order valence-corrected chi connectivity index (χ4v) is 6.58. The fourth-order valence-electron chi connectivity index (χ4n) is 6.58. The van der Waals surface area contributed by atoms with Gasteiger partial charge in [0.15, 0.2) is 0 Å². The van der Waals surface area contributed by atoms with Crippen molar-refractivity contribution in [3.8, 4) is 23.2 Å². The molecule has 10 nitrogen and oxygen atoms in total. The summed E-state index contributed by atoms with van der Waals surface area (Å²) in [6.07, 6.45) is 1.39. The van der Waals surface area contributed by atoms with Gasteiger partial charge in [-0.2, -0.15) is 4.98 Å². The Bertz CT molecular complexity index is 1980. The highest BCUT2D eigenvalue weighted by molar-refractivity contribution is 5.84. The SMILES string of the molecule is Cn1c(=O)n(-c2ccc(OCc3ccccc3)nc2OCc2ccccc2)c2cccc(OC3CC4(C3)CN(C(=O)OC(C)(C)C)C4)c21. The van der Waals surface area contributed by atoms with Crippen LogP contribution in [0.25, 0.3) is 16.7 Å². The topological polar surface area (TPSA) is 97.0 Å². The lowest BCUT2D eigenvalue weighted by molar-refractivity contribution is -0.116. The number of rotatable bonds is 9. The Hall–Kier alpha value is -5.25. The second-order valence-corrected chi connectivity index (χ2v) is 13.8. The van der Waals surface area contributed by atoms with Gasteiger partial charge < -0.3 is 23.8 Å². The number of fused-ring (bicyclic) bond motifs is 1. The van der Waals surface area contributed by atoms with E-state index >= 15 is 0 Å². The predicted octanol–water partition coefficient (Wildman–Crippen LogP) is 6.66. The molecular weight excluding hydrogens is 608 g/mol.